The number of hydrogen-bond acceptors (Lipinski definition) is 4. The van der Waals surface area contributed by atoms with Gasteiger partial charge in [0.15, 0.2) is 0 Å². The minimum Gasteiger partial charge on any atom is -0.467 e. The third kappa shape index (κ3) is 3.62. The van der Waals surface area contributed by atoms with Crippen LogP contribution in [0.25, 0.3) is 0 Å². The van der Waals surface area contributed by atoms with E-state index in [1.807, 2.05) is 12.1 Å². The first kappa shape index (κ1) is 13.2. The normalized spacial score (nSPS) is 16.2. The van der Waals surface area contributed by atoms with E-state index < -0.39 is 0 Å². The van der Waals surface area contributed by atoms with Crippen molar-refractivity contribution in [1.29, 1.82) is 0 Å². The van der Waals surface area contributed by atoms with Crippen molar-refractivity contribution < 1.29 is 9.15 Å². The van der Waals surface area contributed by atoms with E-state index in [0.717, 1.165) is 50.8 Å². The van der Waals surface area contributed by atoms with Crippen LogP contribution in [0, 0.1) is 0 Å². The van der Waals surface area contributed by atoms with Crippen LogP contribution >= 0.6 is 0 Å². The molecule has 2 aromatic rings. The monoisotopic (exact) mass is 272 g/mol. The van der Waals surface area contributed by atoms with Crippen LogP contribution in [0.1, 0.15) is 11.3 Å². The molecule has 2 heterocycles. The van der Waals surface area contributed by atoms with Crippen LogP contribution < -0.4 is 5.32 Å². The Hall–Kier alpha value is -1.78. The van der Waals surface area contributed by atoms with Gasteiger partial charge in [0.25, 0.3) is 0 Å². The van der Waals surface area contributed by atoms with E-state index in [1.54, 1.807) is 6.26 Å². The second-order valence-electron chi connectivity index (χ2n) is 5.02. The Bertz CT molecular complexity index is 502. The summed E-state index contributed by atoms with van der Waals surface area (Å²) in [4.78, 5) is 2.43. The van der Waals surface area contributed by atoms with Crippen LogP contribution in [-0.2, 0) is 17.8 Å². The molecule has 1 aliphatic heterocycles. The van der Waals surface area contributed by atoms with E-state index in [1.165, 1.54) is 5.56 Å². The number of furan rings is 1. The molecule has 1 N–H and O–H groups in total. The number of anilines is 1. The molecule has 1 aromatic carbocycles. The first-order valence-electron chi connectivity index (χ1n) is 7.05. The summed E-state index contributed by atoms with van der Waals surface area (Å²) in [5.74, 6) is 0.947. The molecule has 20 heavy (non-hydrogen) atoms. The van der Waals surface area contributed by atoms with Crippen molar-refractivity contribution in [2.75, 3.05) is 31.6 Å². The van der Waals surface area contributed by atoms with Crippen LogP contribution in [0.2, 0.25) is 0 Å². The molecule has 4 heteroatoms. The Morgan fingerprint density at radius 3 is 2.55 bits per heavy atom. The summed E-state index contributed by atoms with van der Waals surface area (Å²) in [5, 5.41) is 3.35. The van der Waals surface area contributed by atoms with E-state index in [2.05, 4.69) is 34.5 Å². The molecule has 1 fully saturated rings. The maximum atomic E-state index is 5.36. The Morgan fingerprint density at radius 2 is 1.85 bits per heavy atom. The van der Waals surface area contributed by atoms with E-state index in [4.69, 9.17) is 9.15 Å². The van der Waals surface area contributed by atoms with Gasteiger partial charge in [-0.1, -0.05) is 12.1 Å². The maximum absolute atomic E-state index is 5.36. The lowest BCUT2D eigenvalue weighted by Gasteiger charge is -2.26. The highest BCUT2D eigenvalue weighted by Crippen LogP contribution is 2.13. The standard InChI is InChI=1S/C16H20N2O2/c1-2-16(20-9-1)12-17-15-5-3-14(4-6-15)13-18-7-10-19-11-8-18/h1-6,9,17H,7-8,10-13H2. The molecule has 0 spiro atoms. The molecule has 1 aromatic heterocycles. The highest BCUT2D eigenvalue weighted by molar-refractivity contribution is 5.44. The summed E-state index contributed by atoms with van der Waals surface area (Å²) in [7, 11) is 0. The molecule has 1 aliphatic rings. The zero-order chi connectivity index (χ0) is 13.6. The lowest BCUT2D eigenvalue weighted by Crippen LogP contribution is -2.35. The highest BCUT2D eigenvalue weighted by Gasteiger charge is 2.10. The molecule has 3 rings (SSSR count). The Kier molecular flexibility index (Phi) is 4.35. The average molecular weight is 272 g/mol. The predicted octanol–water partition coefficient (Wildman–Crippen LogP) is 2.72. The third-order valence-electron chi connectivity index (χ3n) is 3.51. The fourth-order valence-electron chi connectivity index (χ4n) is 2.35. The van der Waals surface area contributed by atoms with Crippen LogP contribution in [-0.4, -0.2) is 31.2 Å². The minimum absolute atomic E-state index is 0.718. The molecule has 106 valence electrons. The van der Waals surface area contributed by atoms with Crippen molar-refractivity contribution in [2.45, 2.75) is 13.1 Å². The van der Waals surface area contributed by atoms with Crippen molar-refractivity contribution in [3.63, 3.8) is 0 Å². The van der Waals surface area contributed by atoms with Gasteiger partial charge in [0.2, 0.25) is 0 Å². The predicted molar refractivity (Wildman–Crippen MR) is 78.6 cm³/mol. The summed E-state index contributed by atoms with van der Waals surface area (Å²) in [6, 6.07) is 12.5. The summed E-state index contributed by atoms with van der Waals surface area (Å²) in [6.45, 7) is 5.47. The van der Waals surface area contributed by atoms with Gasteiger partial charge in [-0.25, -0.2) is 0 Å². The maximum Gasteiger partial charge on any atom is 0.122 e. The SMILES string of the molecule is c1coc(CNc2ccc(CN3CCOCC3)cc2)c1. The molecule has 4 nitrogen and oxygen atoms in total. The highest BCUT2D eigenvalue weighted by atomic mass is 16.5. The fraction of sp³-hybridized carbons (Fsp3) is 0.375. The van der Waals surface area contributed by atoms with Crippen LogP contribution in [0.4, 0.5) is 5.69 Å². The second kappa shape index (κ2) is 6.59. The molecule has 0 unspecified atom stereocenters. The van der Waals surface area contributed by atoms with Gasteiger partial charge in [0.05, 0.1) is 26.0 Å². The smallest absolute Gasteiger partial charge is 0.122 e. The first-order valence-corrected chi connectivity index (χ1v) is 7.05. The molecule has 0 saturated carbocycles. The summed E-state index contributed by atoms with van der Waals surface area (Å²) < 4.78 is 10.7. The van der Waals surface area contributed by atoms with Gasteiger partial charge < -0.3 is 14.5 Å². The molecule has 0 bridgehead atoms. The Labute approximate surface area is 119 Å². The largest absolute Gasteiger partial charge is 0.467 e. The number of hydrogen-bond donors (Lipinski definition) is 1. The van der Waals surface area contributed by atoms with E-state index >= 15 is 0 Å². The lowest BCUT2D eigenvalue weighted by molar-refractivity contribution is 0.0342. The van der Waals surface area contributed by atoms with Gasteiger partial charge in [-0.15, -0.1) is 0 Å². The zero-order valence-corrected chi connectivity index (χ0v) is 11.5. The number of nitrogens with zero attached hydrogens (tertiary/aromatic N) is 1. The lowest BCUT2D eigenvalue weighted by atomic mass is 10.2. The molecule has 0 amide bonds. The molecular formula is C16H20N2O2. The minimum atomic E-state index is 0.718. The third-order valence-corrected chi connectivity index (χ3v) is 3.51. The summed E-state index contributed by atoms with van der Waals surface area (Å²) in [6.07, 6.45) is 1.70. The zero-order valence-electron chi connectivity index (χ0n) is 11.5. The summed E-state index contributed by atoms with van der Waals surface area (Å²) >= 11 is 0. The molecule has 0 aliphatic carbocycles. The fourth-order valence-corrected chi connectivity index (χ4v) is 2.35. The van der Waals surface area contributed by atoms with Gasteiger partial charge in [-0.2, -0.15) is 0 Å². The van der Waals surface area contributed by atoms with E-state index in [-0.39, 0.29) is 0 Å². The van der Waals surface area contributed by atoms with Crippen LogP contribution in [0.15, 0.2) is 47.1 Å². The van der Waals surface area contributed by atoms with E-state index in [9.17, 15) is 0 Å². The number of rotatable bonds is 5. The first-order chi connectivity index (χ1) is 9.90. The molecular weight excluding hydrogens is 252 g/mol. The summed E-state index contributed by atoms with van der Waals surface area (Å²) in [5.41, 5.74) is 2.46. The Balaban J connectivity index is 1.51. The second-order valence-corrected chi connectivity index (χ2v) is 5.02. The van der Waals surface area contributed by atoms with Crippen LogP contribution in [0.5, 0.6) is 0 Å². The molecule has 1 saturated heterocycles. The molecule has 0 atom stereocenters. The molecule has 0 radical (unpaired) electrons. The number of nitrogens with one attached hydrogen (secondary N) is 1. The van der Waals surface area contributed by atoms with Crippen molar-refractivity contribution in [2.24, 2.45) is 0 Å². The van der Waals surface area contributed by atoms with Gasteiger partial charge in [-0.05, 0) is 29.8 Å². The van der Waals surface area contributed by atoms with Crippen molar-refractivity contribution >= 4 is 5.69 Å². The van der Waals surface area contributed by atoms with Crippen molar-refractivity contribution in [3.8, 4) is 0 Å². The van der Waals surface area contributed by atoms with Gasteiger partial charge in [0.1, 0.15) is 5.76 Å². The average Bonchev–Trinajstić information content (AvgIpc) is 3.01. The quantitative estimate of drug-likeness (QED) is 0.908. The number of morpholine rings is 1. The van der Waals surface area contributed by atoms with Crippen molar-refractivity contribution in [3.05, 3.63) is 54.0 Å². The topological polar surface area (TPSA) is 37.6 Å². The van der Waals surface area contributed by atoms with Gasteiger partial charge in [-0.3, -0.25) is 4.90 Å². The number of ether oxygens (including phenoxy) is 1. The van der Waals surface area contributed by atoms with Gasteiger partial charge >= 0.3 is 0 Å². The van der Waals surface area contributed by atoms with Crippen molar-refractivity contribution in [1.82, 2.24) is 4.90 Å². The van der Waals surface area contributed by atoms with Gasteiger partial charge in [0, 0.05) is 25.3 Å². The number of benzene rings is 1. The van der Waals surface area contributed by atoms with Crippen LogP contribution in [0.3, 0.4) is 0 Å². The Morgan fingerprint density at radius 1 is 1.05 bits per heavy atom. The van der Waals surface area contributed by atoms with E-state index in [0.29, 0.717) is 0 Å².